The summed E-state index contributed by atoms with van der Waals surface area (Å²) in [5, 5.41) is 10.2. The molecule has 142 valence electrons. The molecule has 0 atom stereocenters. The number of halogens is 1. The van der Waals surface area contributed by atoms with Crippen LogP contribution in [-0.2, 0) is 0 Å². The molecule has 8 heteroatoms. The standard InChI is InChI=1S/C18H23ClN2O4S/c1-5-21(6-2)7-8-25-15-13(19)9-12(10-14(15)24-4)17-20-11(3)16(26-17)18(22)23/h9-10H,5-8H2,1-4H3,(H,22,23). The summed E-state index contributed by atoms with van der Waals surface area (Å²) in [5.74, 6) is -0.00532. The summed E-state index contributed by atoms with van der Waals surface area (Å²) in [6, 6.07) is 3.49. The van der Waals surface area contributed by atoms with Gasteiger partial charge in [-0.3, -0.25) is 0 Å². The maximum atomic E-state index is 11.2. The van der Waals surface area contributed by atoms with Crippen molar-refractivity contribution in [2.45, 2.75) is 20.8 Å². The number of carboxylic acid groups (broad SMARTS) is 1. The molecule has 0 amide bonds. The number of ether oxygens (including phenoxy) is 2. The Morgan fingerprint density at radius 2 is 2.04 bits per heavy atom. The molecule has 1 N–H and O–H groups in total. The highest BCUT2D eigenvalue weighted by Crippen LogP contribution is 2.40. The fraction of sp³-hybridized carbons (Fsp3) is 0.444. The van der Waals surface area contributed by atoms with Crippen LogP contribution >= 0.6 is 22.9 Å². The van der Waals surface area contributed by atoms with Crippen molar-refractivity contribution in [1.29, 1.82) is 0 Å². The zero-order valence-corrected chi connectivity index (χ0v) is 16.9. The van der Waals surface area contributed by atoms with Crippen LogP contribution in [0.25, 0.3) is 10.6 Å². The van der Waals surface area contributed by atoms with E-state index >= 15 is 0 Å². The van der Waals surface area contributed by atoms with E-state index in [1.165, 1.54) is 0 Å². The number of aryl methyl sites for hydroxylation is 1. The lowest BCUT2D eigenvalue weighted by molar-refractivity contribution is 0.0701. The van der Waals surface area contributed by atoms with Crippen LogP contribution in [0.2, 0.25) is 5.02 Å². The predicted molar refractivity (Wildman–Crippen MR) is 104 cm³/mol. The molecular weight excluding hydrogens is 376 g/mol. The van der Waals surface area contributed by atoms with E-state index < -0.39 is 5.97 Å². The number of thiazole rings is 1. The van der Waals surface area contributed by atoms with Crippen LogP contribution in [0.1, 0.15) is 29.2 Å². The van der Waals surface area contributed by atoms with E-state index in [0.29, 0.717) is 39.4 Å². The van der Waals surface area contributed by atoms with E-state index in [1.807, 2.05) is 0 Å². The van der Waals surface area contributed by atoms with Crippen molar-refractivity contribution in [1.82, 2.24) is 9.88 Å². The molecule has 0 fully saturated rings. The molecule has 0 aliphatic heterocycles. The van der Waals surface area contributed by atoms with Crippen LogP contribution in [0.4, 0.5) is 0 Å². The van der Waals surface area contributed by atoms with Crippen LogP contribution in [0, 0.1) is 6.92 Å². The Morgan fingerprint density at radius 1 is 1.35 bits per heavy atom. The van der Waals surface area contributed by atoms with E-state index in [2.05, 4.69) is 23.7 Å². The second-order valence-corrected chi connectivity index (χ2v) is 7.01. The van der Waals surface area contributed by atoms with Crippen LogP contribution in [0.3, 0.4) is 0 Å². The molecule has 2 rings (SSSR count). The Morgan fingerprint density at radius 3 is 2.58 bits per heavy atom. The first kappa shape index (κ1) is 20.5. The van der Waals surface area contributed by atoms with Gasteiger partial charge in [0.1, 0.15) is 16.5 Å². The number of rotatable bonds is 9. The van der Waals surface area contributed by atoms with Crippen molar-refractivity contribution < 1.29 is 19.4 Å². The summed E-state index contributed by atoms with van der Waals surface area (Å²) in [6.45, 7) is 9.09. The summed E-state index contributed by atoms with van der Waals surface area (Å²) in [4.78, 5) is 18.0. The second kappa shape index (κ2) is 9.21. The normalized spacial score (nSPS) is 11.0. The minimum atomic E-state index is -0.985. The highest BCUT2D eigenvalue weighted by atomic mass is 35.5. The number of aromatic nitrogens is 1. The van der Waals surface area contributed by atoms with Crippen molar-refractivity contribution >= 4 is 28.9 Å². The fourth-order valence-corrected chi connectivity index (χ4v) is 3.68. The summed E-state index contributed by atoms with van der Waals surface area (Å²) in [6.07, 6.45) is 0. The Kier molecular flexibility index (Phi) is 7.25. The largest absolute Gasteiger partial charge is 0.493 e. The van der Waals surface area contributed by atoms with E-state index in [-0.39, 0.29) is 4.88 Å². The minimum absolute atomic E-state index is 0.217. The predicted octanol–water partition coefficient (Wildman–Crippen LogP) is 4.20. The van der Waals surface area contributed by atoms with Crippen molar-refractivity contribution in [2.24, 2.45) is 0 Å². The summed E-state index contributed by atoms with van der Waals surface area (Å²) < 4.78 is 11.3. The first-order valence-electron chi connectivity index (χ1n) is 8.34. The third-order valence-corrected chi connectivity index (χ3v) is 5.49. The average Bonchev–Trinajstić information content (AvgIpc) is 3.01. The van der Waals surface area contributed by atoms with Crippen LogP contribution < -0.4 is 9.47 Å². The van der Waals surface area contributed by atoms with Crippen LogP contribution in [0.5, 0.6) is 11.5 Å². The quantitative estimate of drug-likeness (QED) is 0.682. The van der Waals surface area contributed by atoms with Gasteiger partial charge < -0.3 is 19.5 Å². The van der Waals surface area contributed by atoms with Gasteiger partial charge in [-0.25, -0.2) is 9.78 Å². The smallest absolute Gasteiger partial charge is 0.347 e. The van der Waals surface area contributed by atoms with Gasteiger partial charge in [-0.05, 0) is 32.1 Å². The number of benzene rings is 1. The maximum Gasteiger partial charge on any atom is 0.347 e. The van der Waals surface area contributed by atoms with Gasteiger partial charge in [0, 0.05) is 12.1 Å². The lowest BCUT2D eigenvalue weighted by atomic mass is 10.2. The third kappa shape index (κ3) is 4.66. The molecule has 0 saturated carbocycles. The van der Waals surface area contributed by atoms with E-state index in [0.717, 1.165) is 31.0 Å². The Bertz CT molecular complexity index is 775. The van der Waals surface area contributed by atoms with E-state index in [4.69, 9.17) is 21.1 Å². The number of hydrogen-bond acceptors (Lipinski definition) is 6. The zero-order chi connectivity index (χ0) is 19.3. The molecule has 0 radical (unpaired) electrons. The summed E-state index contributed by atoms with van der Waals surface area (Å²) in [7, 11) is 1.54. The van der Waals surface area contributed by atoms with Gasteiger partial charge in [0.15, 0.2) is 11.5 Å². The first-order chi connectivity index (χ1) is 12.4. The molecule has 0 aliphatic rings. The van der Waals surface area contributed by atoms with Crippen molar-refractivity contribution in [3.05, 3.63) is 27.7 Å². The van der Waals surface area contributed by atoms with Crippen molar-refractivity contribution in [2.75, 3.05) is 33.4 Å². The molecular formula is C18H23ClN2O4S. The summed E-state index contributed by atoms with van der Waals surface area (Å²) in [5.41, 5.74) is 1.18. The topological polar surface area (TPSA) is 71.9 Å². The lowest BCUT2D eigenvalue weighted by Crippen LogP contribution is -2.28. The van der Waals surface area contributed by atoms with Gasteiger partial charge in [0.25, 0.3) is 0 Å². The van der Waals surface area contributed by atoms with Crippen molar-refractivity contribution in [3.63, 3.8) is 0 Å². The van der Waals surface area contributed by atoms with Crippen molar-refractivity contribution in [3.8, 4) is 22.1 Å². The number of likely N-dealkylation sites (N-methyl/N-ethyl adjacent to an activating group) is 1. The van der Waals surface area contributed by atoms with Crippen LogP contribution in [0.15, 0.2) is 12.1 Å². The molecule has 0 unspecified atom stereocenters. The van der Waals surface area contributed by atoms with Gasteiger partial charge >= 0.3 is 5.97 Å². The first-order valence-corrected chi connectivity index (χ1v) is 9.54. The number of carboxylic acids is 1. The minimum Gasteiger partial charge on any atom is -0.493 e. The number of carbonyl (C=O) groups is 1. The van der Waals surface area contributed by atoms with Gasteiger partial charge in [-0.1, -0.05) is 25.4 Å². The number of aromatic carboxylic acids is 1. The molecule has 0 spiro atoms. The number of nitrogens with zero attached hydrogens (tertiary/aromatic N) is 2. The Hall–Kier alpha value is -1.83. The molecule has 1 aromatic carbocycles. The molecule has 0 aliphatic carbocycles. The third-order valence-electron chi connectivity index (χ3n) is 4.02. The lowest BCUT2D eigenvalue weighted by Gasteiger charge is -2.19. The van der Waals surface area contributed by atoms with Gasteiger partial charge in [0.2, 0.25) is 0 Å². The molecule has 0 saturated heterocycles. The van der Waals surface area contributed by atoms with E-state index in [9.17, 15) is 9.90 Å². The Labute approximate surface area is 162 Å². The average molecular weight is 399 g/mol. The van der Waals surface area contributed by atoms with Crippen LogP contribution in [-0.4, -0.2) is 54.3 Å². The summed E-state index contributed by atoms with van der Waals surface area (Å²) >= 11 is 7.51. The zero-order valence-electron chi connectivity index (χ0n) is 15.3. The molecule has 6 nitrogen and oxygen atoms in total. The molecule has 2 aromatic rings. The number of methoxy groups -OCH3 is 1. The van der Waals surface area contributed by atoms with Gasteiger partial charge in [0.05, 0.1) is 17.8 Å². The maximum absolute atomic E-state index is 11.2. The SMILES string of the molecule is CCN(CC)CCOc1c(Cl)cc(-c2nc(C)c(C(=O)O)s2)cc1OC. The monoisotopic (exact) mass is 398 g/mol. The molecule has 1 aromatic heterocycles. The van der Waals surface area contributed by atoms with Gasteiger partial charge in [-0.2, -0.15) is 0 Å². The Balaban J connectivity index is 2.26. The molecule has 0 bridgehead atoms. The highest BCUT2D eigenvalue weighted by Gasteiger charge is 2.19. The fourth-order valence-electron chi connectivity index (χ4n) is 2.52. The second-order valence-electron chi connectivity index (χ2n) is 5.60. The number of hydrogen-bond donors (Lipinski definition) is 1. The van der Waals surface area contributed by atoms with E-state index in [1.54, 1.807) is 26.2 Å². The molecule has 26 heavy (non-hydrogen) atoms. The molecule has 1 heterocycles. The van der Waals surface area contributed by atoms with Gasteiger partial charge in [-0.15, -0.1) is 11.3 Å². The highest BCUT2D eigenvalue weighted by molar-refractivity contribution is 7.17.